The second-order valence-corrected chi connectivity index (χ2v) is 9.18. The average molecular weight is 540 g/mol. The van der Waals surface area contributed by atoms with Gasteiger partial charge in [0.15, 0.2) is 0 Å². The van der Waals surface area contributed by atoms with Crippen LogP contribution in [0.1, 0.15) is 0 Å². The Morgan fingerprint density at radius 2 is 0.500 bits per heavy atom. The normalized spacial score (nSPS) is 10.8. The van der Waals surface area contributed by atoms with Gasteiger partial charge in [0.05, 0.1) is 0 Å². The van der Waals surface area contributed by atoms with Crippen molar-refractivity contribution in [2.24, 2.45) is 0 Å². The van der Waals surface area contributed by atoms with Gasteiger partial charge in [-0.25, -0.2) is 0 Å². The Morgan fingerprint density at radius 1 is 0.281 bits per heavy atom. The zero-order chi connectivity index (χ0) is 21.9. The molecule has 0 atom stereocenters. The molecular weight excluding hydrogens is 520 g/mol. The van der Waals surface area contributed by atoms with Gasteiger partial charge in [-0.2, -0.15) is 0 Å². The molecule has 32 heavy (non-hydrogen) atoms. The van der Waals surface area contributed by atoms with Gasteiger partial charge in [-0.3, -0.25) is 0 Å². The summed E-state index contributed by atoms with van der Waals surface area (Å²) in [7, 11) is 0. The summed E-state index contributed by atoms with van der Waals surface area (Å²) in [5.41, 5.74) is 9.54. The van der Waals surface area contributed by atoms with Gasteiger partial charge in [-0.1, -0.05) is 121 Å². The molecule has 0 N–H and O–H groups in total. The maximum atomic E-state index is 3.97. The van der Waals surface area contributed by atoms with Crippen LogP contribution in [0.5, 0.6) is 0 Å². The predicted molar refractivity (Wildman–Crippen MR) is 144 cm³/mol. The van der Waals surface area contributed by atoms with Gasteiger partial charge >= 0.3 is 0 Å². The maximum absolute atomic E-state index is 3.97. The van der Waals surface area contributed by atoms with E-state index in [0.29, 0.717) is 0 Å². The van der Waals surface area contributed by atoms with Crippen LogP contribution in [-0.4, -0.2) is 0 Å². The van der Waals surface area contributed by atoms with E-state index in [0.717, 1.165) is 8.95 Å². The van der Waals surface area contributed by atoms with Crippen molar-refractivity contribution in [2.45, 2.75) is 0 Å². The Bertz CT molecular complexity index is 1240. The first-order valence-corrected chi connectivity index (χ1v) is 12.1. The van der Waals surface area contributed by atoms with Gasteiger partial charge in [0, 0.05) is 20.1 Å². The van der Waals surface area contributed by atoms with Crippen LogP contribution in [0.15, 0.2) is 130 Å². The summed E-state index contributed by atoms with van der Waals surface area (Å²) in [4.78, 5) is 0. The SMILES string of the molecule is Brc1c(Br)c(-c2ccccc2)c(-c2ccccc2)c(-c2ccccc2)c1-c1ccccc1. The van der Waals surface area contributed by atoms with Crippen LogP contribution in [0.3, 0.4) is 0 Å². The van der Waals surface area contributed by atoms with Gasteiger partial charge in [-0.15, -0.1) is 0 Å². The lowest BCUT2D eigenvalue weighted by atomic mass is 9.83. The molecule has 0 heterocycles. The Labute approximate surface area is 205 Å². The van der Waals surface area contributed by atoms with Crippen LogP contribution in [0.2, 0.25) is 0 Å². The molecule has 0 unspecified atom stereocenters. The minimum absolute atomic E-state index is 1.06. The van der Waals surface area contributed by atoms with E-state index in [1.807, 2.05) is 0 Å². The Kier molecular flexibility index (Phi) is 6.07. The maximum Gasteiger partial charge on any atom is 0.0408 e. The molecule has 154 valence electrons. The molecule has 5 rings (SSSR count). The van der Waals surface area contributed by atoms with E-state index in [2.05, 4.69) is 153 Å². The van der Waals surface area contributed by atoms with E-state index in [-0.39, 0.29) is 0 Å². The van der Waals surface area contributed by atoms with E-state index < -0.39 is 0 Å². The second kappa shape index (κ2) is 9.28. The van der Waals surface area contributed by atoms with Gasteiger partial charge in [0.25, 0.3) is 0 Å². The third-order valence-corrected chi connectivity index (χ3v) is 7.75. The van der Waals surface area contributed by atoms with E-state index in [1.165, 1.54) is 44.5 Å². The molecule has 0 spiro atoms. The molecule has 2 heteroatoms. The minimum Gasteiger partial charge on any atom is -0.0622 e. The number of benzene rings is 5. The van der Waals surface area contributed by atoms with Crippen molar-refractivity contribution < 1.29 is 0 Å². The molecule has 0 nitrogen and oxygen atoms in total. The predicted octanol–water partition coefficient (Wildman–Crippen LogP) is 9.88. The standard InChI is InChI=1S/C30H20Br2/c31-29-27(23-17-9-3-10-18-23)25(21-13-5-1-6-14-21)26(22-15-7-2-8-16-22)28(30(29)32)24-19-11-4-12-20-24/h1-20H. The first-order chi connectivity index (χ1) is 15.8. The van der Waals surface area contributed by atoms with Crippen molar-refractivity contribution >= 4 is 31.9 Å². The van der Waals surface area contributed by atoms with Gasteiger partial charge in [-0.05, 0) is 65.2 Å². The smallest absolute Gasteiger partial charge is 0.0408 e. The van der Waals surface area contributed by atoms with Crippen LogP contribution in [0.25, 0.3) is 44.5 Å². The minimum atomic E-state index is 1.06. The first-order valence-electron chi connectivity index (χ1n) is 10.5. The largest absolute Gasteiger partial charge is 0.0622 e. The Morgan fingerprint density at radius 3 is 0.750 bits per heavy atom. The molecule has 0 saturated carbocycles. The van der Waals surface area contributed by atoms with Crippen LogP contribution in [-0.2, 0) is 0 Å². The molecule has 0 radical (unpaired) electrons. The molecule has 0 aliphatic rings. The van der Waals surface area contributed by atoms with Crippen molar-refractivity contribution in [1.82, 2.24) is 0 Å². The fourth-order valence-electron chi connectivity index (χ4n) is 4.23. The highest BCUT2D eigenvalue weighted by Gasteiger charge is 2.25. The first kappa shape index (κ1) is 20.9. The third-order valence-electron chi connectivity index (χ3n) is 5.63. The summed E-state index contributed by atoms with van der Waals surface area (Å²) in [5, 5.41) is 0. The lowest BCUT2D eigenvalue weighted by Crippen LogP contribution is -1.97. The summed E-state index contributed by atoms with van der Waals surface area (Å²) in [6.45, 7) is 0. The summed E-state index contributed by atoms with van der Waals surface area (Å²) in [6, 6.07) is 42.6. The van der Waals surface area contributed by atoms with Crippen LogP contribution in [0, 0.1) is 0 Å². The topological polar surface area (TPSA) is 0 Å². The summed E-state index contributed by atoms with van der Waals surface area (Å²) >= 11 is 7.95. The molecule has 5 aromatic rings. The monoisotopic (exact) mass is 538 g/mol. The fraction of sp³-hybridized carbons (Fsp3) is 0. The zero-order valence-corrected chi connectivity index (χ0v) is 20.5. The number of hydrogen-bond donors (Lipinski definition) is 0. The van der Waals surface area contributed by atoms with Crippen LogP contribution < -0.4 is 0 Å². The molecule has 0 fully saturated rings. The van der Waals surface area contributed by atoms with Crippen molar-refractivity contribution in [3.63, 3.8) is 0 Å². The Hall–Kier alpha value is -2.94. The fourth-order valence-corrected chi connectivity index (χ4v) is 5.48. The molecule has 0 saturated heterocycles. The Balaban J connectivity index is 2.00. The molecule has 0 aromatic heterocycles. The van der Waals surface area contributed by atoms with Crippen LogP contribution >= 0.6 is 31.9 Å². The molecular formula is C30H20Br2. The molecule has 0 aliphatic carbocycles. The van der Waals surface area contributed by atoms with Gasteiger partial charge < -0.3 is 0 Å². The van der Waals surface area contributed by atoms with Crippen molar-refractivity contribution in [3.8, 4) is 44.5 Å². The number of hydrogen-bond acceptors (Lipinski definition) is 0. The van der Waals surface area contributed by atoms with E-state index in [9.17, 15) is 0 Å². The van der Waals surface area contributed by atoms with Crippen molar-refractivity contribution in [2.75, 3.05) is 0 Å². The summed E-state index contributed by atoms with van der Waals surface area (Å²) in [5.74, 6) is 0. The highest BCUT2D eigenvalue weighted by atomic mass is 79.9. The summed E-state index contributed by atoms with van der Waals surface area (Å²) in [6.07, 6.45) is 0. The summed E-state index contributed by atoms with van der Waals surface area (Å²) < 4.78 is 2.11. The lowest BCUT2D eigenvalue weighted by Gasteiger charge is -2.24. The average Bonchev–Trinajstić information content (AvgIpc) is 2.87. The van der Waals surface area contributed by atoms with E-state index in [1.54, 1.807) is 0 Å². The number of halogens is 2. The second-order valence-electron chi connectivity index (χ2n) is 7.59. The molecule has 0 aliphatic heterocycles. The van der Waals surface area contributed by atoms with Crippen molar-refractivity contribution in [1.29, 1.82) is 0 Å². The van der Waals surface area contributed by atoms with Crippen molar-refractivity contribution in [3.05, 3.63) is 130 Å². The number of rotatable bonds is 4. The molecule has 0 bridgehead atoms. The quantitative estimate of drug-likeness (QED) is 0.213. The third kappa shape index (κ3) is 3.85. The van der Waals surface area contributed by atoms with Gasteiger partial charge in [0.2, 0.25) is 0 Å². The van der Waals surface area contributed by atoms with Gasteiger partial charge in [0.1, 0.15) is 0 Å². The highest BCUT2D eigenvalue weighted by molar-refractivity contribution is 9.13. The molecule has 0 amide bonds. The zero-order valence-electron chi connectivity index (χ0n) is 17.3. The van der Waals surface area contributed by atoms with E-state index in [4.69, 9.17) is 0 Å². The lowest BCUT2D eigenvalue weighted by molar-refractivity contribution is 1.49. The van der Waals surface area contributed by atoms with E-state index >= 15 is 0 Å². The molecule has 5 aromatic carbocycles. The highest BCUT2D eigenvalue weighted by Crippen LogP contribution is 2.53. The van der Waals surface area contributed by atoms with Crippen LogP contribution in [0.4, 0.5) is 0 Å².